The summed E-state index contributed by atoms with van der Waals surface area (Å²) in [4.78, 5) is 0. The summed E-state index contributed by atoms with van der Waals surface area (Å²) in [6.07, 6.45) is 0.823. The highest BCUT2D eigenvalue weighted by molar-refractivity contribution is 6.30. The molecule has 0 saturated carbocycles. The van der Waals surface area contributed by atoms with Gasteiger partial charge in [-0.2, -0.15) is 0 Å². The van der Waals surface area contributed by atoms with Crippen LogP contribution in [0.5, 0.6) is 5.75 Å². The number of hydrogen-bond donors (Lipinski definition) is 2. The Morgan fingerprint density at radius 3 is 2.52 bits per heavy atom. The number of phenolic OH excluding ortho intramolecular Hbond substituents is 1. The van der Waals surface area contributed by atoms with E-state index in [2.05, 4.69) is 22.4 Å². The molecule has 1 aromatic heterocycles. The van der Waals surface area contributed by atoms with Gasteiger partial charge in [0.25, 0.3) is 0 Å². The largest absolute Gasteiger partial charge is 0.508 e. The highest BCUT2D eigenvalue weighted by atomic mass is 35.5. The van der Waals surface area contributed by atoms with Gasteiger partial charge in [-0.25, -0.2) is 0 Å². The van der Waals surface area contributed by atoms with Crippen LogP contribution in [0.4, 0.5) is 11.5 Å². The Hall–Kier alpha value is -2.59. The molecule has 0 fully saturated rings. The first-order chi connectivity index (χ1) is 11.2. The molecule has 0 bridgehead atoms. The van der Waals surface area contributed by atoms with Crippen molar-refractivity contribution in [3.05, 3.63) is 65.2 Å². The normalized spacial score (nSPS) is 10.5. The molecule has 2 aromatic carbocycles. The molecule has 116 valence electrons. The van der Waals surface area contributed by atoms with Crippen LogP contribution in [0.2, 0.25) is 5.02 Å². The van der Waals surface area contributed by atoms with E-state index in [9.17, 15) is 5.11 Å². The van der Waals surface area contributed by atoms with E-state index in [1.807, 2.05) is 30.3 Å². The number of rotatable bonds is 4. The molecule has 0 radical (unpaired) electrons. The molecule has 0 spiro atoms. The van der Waals surface area contributed by atoms with E-state index < -0.39 is 0 Å². The summed E-state index contributed by atoms with van der Waals surface area (Å²) >= 11 is 6.04. The Bertz CT molecular complexity index is 819. The number of halogens is 1. The van der Waals surface area contributed by atoms with Crippen LogP contribution in [0.25, 0.3) is 11.3 Å². The molecule has 2 N–H and O–H groups in total. The van der Waals surface area contributed by atoms with Crippen molar-refractivity contribution in [2.24, 2.45) is 0 Å². The molecule has 0 amide bonds. The number of nitrogens with one attached hydrogen (secondary N) is 1. The summed E-state index contributed by atoms with van der Waals surface area (Å²) in [7, 11) is 0. The smallest absolute Gasteiger partial charge is 0.156 e. The highest BCUT2D eigenvalue weighted by Crippen LogP contribution is 2.26. The van der Waals surface area contributed by atoms with Crippen LogP contribution in [0, 0.1) is 0 Å². The first kappa shape index (κ1) is 15.3. The van der Waals surface area contributed by atoms with Crippen LogP contribution in [0.15, 0.2) is 54.6 Å². The maximum Gasteiger partial charge on any atom is 0.156 e. The fourth-order valence-electron chi connectivity index (χ4n) is 2.28. The number of aryl methyl sites for hydroxylation is 1. The maximum atomic E-state index is 9.34. The van der Waals surface area contributed by atoms with Crippen LogP contribution in [0.1, 0.15) is 12.5 Å². The minimum atomic E-state index is 0.230. The molecule has 0 atom stereocenters. The zero-order valence-electron chi connectivity index (χ0n) is 12.6. The van der Waals surface area contributed by atoms with Crippen LogP contribution in [-0.4, -0.2) is 15.3 Å². The minimum Gasteiger partial charge on any atom is -0.508 e. The summed E-state index contributed by atoms with van der Waals surface area (Å²) in [6, 6.07) is 16.4. The number of benzene rings is 2. The van der Waals surface area contributed by atoms with Crippen molar-refractivity contribution in [1.29, 1.82) is 0 Å². The molecule has 0 aliphatic carbocycles. The third-order valence-corrected chi connectivity index (χ3v) is 3.74. The molecular formula is C18H16ClN3O. The zero-order chi connectivity index (χ0) is 16.2. The topological polar surface area (TPSA) is 58.0 Å². The van der Waals surface area contributed by atoms with E-state index in [0.717, 1.165) is 28.9 Å². The van der Waals surface area contributed by atoms with Crippen molar-refractivity contribution in [3.63, 3.8) is 0 Å². The van der Waals surface area contributed by atoms with Gasteiger partial charge in [0.15, 0.2) is 5.82 Å². The fourth-order valence-corrected chi connectivity index (χ4v) is 2.47. The molecule has 5 heteroatoms. The lowest BCUT2D eigenvalue weighted by Crippen LogP contribution is -2.01. The van der Waals surface area contributed by atoms with Crippen molar-refractivity contribution < 1.29 is 5.11 Å². The standard InChI is InChI=1S/C18H16ClN3O/c1-2-12-11-17(13-4-3-5-14(19)10-13)21-22-18(12)20-15-6-8-16(23)9-7-15/h3-11,23H,2H2,1H3,(H,20,22). The van der Waals surface area contributed by atoms with E-state index in [1.165, 1.54) is 0 Å². The quantitative estimate of drug-likeness (QED) is 0.676. The average molecular weight is 326 g/mol. The van der Waals surface area contributed by atoms with Gasteiger partial charge < -0.3 is 10.4 Å². The lowest BCUT2D eigenvalue weighted by molar-refractivity contribution is 0.475. The second-order valence-electron chi connectivity index (χ2n) is 5.14. The van der Waals surface area contributed by atoms with Gasteiger partial charge in [-0.1, -0.05) is 30.7 Å². The van der Waals surface area contributed by atoms with Crippen molar-refractivity contribution in [3.8, 4) is 17.0 Å². The number of aromatic hydroxyl groups is 1. The Morgan fingerprint density at radius 1 is 1.04 bits per heavy atom. The molecule has 3 aromatic rings. The van der Waals surface area contributed by atoms with E-state index in [0.29, 0.717) is 10.8 Å². The second-order valence-corrected chi connectivity index (χ2v) is 5.58. The highest BCUT2D eigenvalue weighted by Gasteiger charge is 2.08. The van der Waals surface area contributed by atoms with Crippen molar-refractivity contribution >= 4 is 23.1 Å². The van der Waals surface area contributed by atoms with Crippen molar-refractivity contribution in [1.82, 2.24) is 10.2 Å². The SMILES string of the molecule is CCc1cc(-c2cccc(Cl)c2)nnc1Nc1ccc(O)cc1. The molecule has 4 nitrogen and oxygen atoms in total. The van der Waals surface area contributed by atoms with E-state index >= 15 is 0 Å². The summed E-state index contributed by atoms with van der Waals surface area (Å²) in [6.45, 7) is 2.07. The Labute approximate surface area is 139 Å². The second kappa shape index (κ2) is 6.67. The first-order valence-electron chi connectivity index (χ1n) is 7.34. The minimum absolute atomic E-state index is 0.230. The summed E-state index contributed by atoms with van der Waals surface area (Å²) < 4.78 is 0. The molecule has 0 saturated heterocycles. The van der Waals surface area contributed by atoms with Crippen LogP contribution in [-0.2, 0) is 6.42 Å². The lowest BCUT2D eigenvalue weighted by atomic mass is 10.1. The van der Waals surface area contributed by atoms with Gasteiger partial charge in [0, 0.05) is 16.3 Å². The fraction of sp³-hybridized carbons (Fsp3) is 0.111. The van der Waals surface area contributed by atoms with Gasteiger partial charge in [0.05, 0.1) is 5.69 Å². The number of phenols is 1. The Balaban J connectivity index is 1.92. The van der Waals surface area contributed by atoms with E-state index in [4.69, 9.17) is 11.6 Å². The average Bonchev–Trinajstić information content (AvgIpc) is 2.57. The molecule has 0 aliphatic rings. The summed E-state index contributed by atoms with van der Waals surface area (Å²) in [5.74, 6) is 0.942. The predicted molar refractivity (Wildman–Crippen MR) is 93.2 cm³/mol. The molecule has 1 heterocycles. The first-order valence-corrected chi connectivity index (χ1v) is 7.72. The van der Waals surface area contributed by atoms with Crippen molar-refractivity contribution in [2.75, 3.05) is 5.32 Å². The zero-order valence-corrected chi connectivity index (χ0v) is 13.4. The van der Waals surface area contributed by atoms with Crippen LogP contribution < -0.4 is 5.32 Å². The number of anilines is 2. The van der Waals surface area contributed by atoms with Crippen LogP contribution in [0.3, 0.4) is 0 Å². The van der Waals surface area contributed by atoms with E-state index in [-0.39, 0.29) is 5.75 Å². The van der Waals surface area contributed by atoms with Gasteiger partial charge in [0.1, 0.15) is 5.75 Å². The summed E-state index contributed by atoms with van der Waals surface area (Å²) in [5, 5.41) is 21.8. The van der Waals surface area contributed by atoms with Gasteiger partial charge in [-0.05, 0) is 54.4 Å². The lowest BCUT2D eigenvalue weighted by Gasteiger charge is -2.11. The molecule has 0 unspecified atom stereocenters. The third-order valence-electron chi connectivity index (χ3n) is 3.50. The van der Waals surface area contributed by atoms with Gasteiger partial charge in [-0.15, -0.1) is 10.2 Å². The summed E-state index contributed by atoms with van der Waals surface area (Å²) in [5.41, 5.74) is 3.64. The van der Waals surface area contributed by atoms with Crippen LogP contribution >= 0.6 is 11.6 Å². The molecule has 0 aliphatic heterocycles. The monoisotopic (exact) mass is 325 g/mol. The van der Waals surface area contributed by atoms with E-state index in [1.54, 1.807) is 24.3 Å². The molecule has 3 rings (SSSR count). The third kappa shape index (κ3) is 3.60. The van der Waals surface area contributed by atoms with Crippen molar-refractivity contribution in [2.45, 2.75) is 13.3 Å². The number of hydrogen-bond acceptors (Lipinski definition) is 4. The Morgan fingerprint density at radius 2 is 1.83 bits per heavy atom. The molecule has 23 heavy (non-hydrogen) atoms. The maximum absolute atomic E-state index is 9.34. The Kier molecular flexibility index (Phi) is 4.44. The number of nitrogens with zero attached hydrogens (tertiary/aromatic N) is 2. The molecular weight excluding hydrogens is 310 g/mol. The predicted octanol–water partition coefficient (Wildman–Crippen LogP) is 4.81. The van der Waals surface area contributed by atoms with Gasteiger partial charge in [0.2, 0.25) is 0 Å². The number of aromatic nitrogens is 2. The van der Waals surface area contributed by atoms with Gasteiger partial charge >= 0.3 is 0 Å². The van der Waals surface area contributed by atoms with Gasteiger partial charge in [-0.3, -0.25) is 0 Å².